The maximum Gasteiger partial charge on any atom is 0.282 e. The number of nitrogens with one attached hydrogen (secondary N) is 2. The summed E-state index contributed by atoms with van der Waals surface area (Å²) in [6, 6.07) is 13.9. The van der Waals surface area contributed by atoms with E-state index in [1.54, 1.807) is 0 Å². The predicted molar refractivity (Wildman–Crippen MR) is 120 cm³/mol. The van der Waals surface area contributed by atoms with Crippen LogP contribution >= 0.6 is 0 Å². The molecule has 2 aliphatic heterocycles. The van der Waals surface area contributed by atoms with Crippen molar-refractivity contribution in [1.29, 1.82) is 0 Å². The van der Waals surface area contributed by atoms with Crippen molar-refractivity contribution in [2.45, 2.75) is 33.2 Å². The van der Waals surface area contributed by atoms with E-state index in [0.717, 1.165) is 37.6 Å². The summed E-state index contributed by atoms with van der Waals surface area (Å²) in [7, 11) is 0. The molecular weight excluding hydrogens is 376 g/mol. The van der Waals surface area contributed by atoms with Gasteiger partial charge in [0.25, 0.3) is 5.91 Å². The van der Waals surface area contributed by atoms with E-state index < -0.39 is 0 Å². The summed E-state index contributed by atoms with van der Waals surface area (Å²) in [5.41, 5.74) is 5.47. The van der Waals surface area contributed by atoms with Gasteiger partial charge in [-0.25, -0.2) is 0 Å². The van der Waals surface area contributed by atoms with Gasteiger partial charge in [-0.15, -0.1) is 0 Å². The number of anilines is 3. The molecule has 0 bridgehead atoms. The number of aryl methyl sites for hydroxylation is 1. The van der Waals surface area contributed by atoms with Gasteiger partial charge in [0.2, 0.25) is 5.91 Å². The number of benzene rings is 2. The lowest BCUT2D eigenvalue weighted by molar-refractivity contribution is -0.892. The molecule has 6 nitrogen and oxygen atoms in total. The minimum Gasteiger partial charge on any atom is -0.360 e. The fourth-order valence-corrected chi connectivity index (χ4v) is 4.59. The Hall–Kier alpha value is -2.86. The number of nitrogens with zero attached hydrogens (tertiary/aromatic N) is 2. The lowest BCUT2D eigenvalue weighted by Crippen LogP contribution is -3.16. The largest absolute Gasteiger partial charge is 0.360 e. The molecule has 4 rings (SSSR count). The van der Waals surface area contributed by atoms with Crippen LogP contribution in [-0.4, -0.2) is 50.6 Å². The summed E-state index contributed by atoms with van der Waals surface area (Å²) in [5.74, 6) is 0.0429. The van der Waals surface area contributed by atoms with Crippen LogP contribution in [0.1, 0.15) is 24.5 Å². The number of amides is 2. The highest BCUT2D eigenvalue weighted by molar-refractivity contribution is 6.04. The molecule has 0 aliphatic carbocycles. The van der Waals surface area contributed by atoms with Gasteiger partial charge >= 0.3 is 0 Å². The second-order valence-electron chi connectivity index (χ2n) is 8.52. The van der Waals surface area contributed by atoms with E-state index in [1.165, 1.54) is 21.7 Å². The molecule has 2 N–H and O–H groups in total. The molecule has 1 atom stereocenters. The van der Waals surface area contributed by atoms with Crippen LogP contribution in [0.3, 0.4) is 0 Å². The van der Waals surface area contributed by atoms with Crippen LogP contribution in [0.2, 0.25) is 0 Å². The van der Waals surface area contributed by atoms with Crippen molar-refractivity contribution in [3.8, 4) is 0 Å². The highest BCUT2D eigenvalue weighted by Crippen LogP contribution is 2.31. The Labute approximate surface area is 178 Å². The van der Waals surface area contributed by atoms with E-state index in [9.17, 15) is 9.59 Å². The van der Waals surface area contributed by atoms with Gasteiger partial charge in [0.15, 0.2) is 6.54 Å². The van der Waals surface area contributed by atoms with Crippen LogP contribution < -0.4 is 20.0 Å². The Kier molecular flexibility index (Phi) is 5.77. The summed E-state index contributed by atoms with van der Waals surface area (Å²) in [4.78, 5) is 31.0. The van der Waals surface area contributed by atoms with Crippen molar-refractivity contribution in [2.75, 3.05) is 47.8 Å². The normalized spacial score (nSPS) is 19.8. The molecule has 0 spiro atoms. The third kappa shape index (κ3) is 4.05. The monoisotopic (exact) mass is 407 g/mol. The van der Waals surface area contributed by atoms with Crippen LogP contribution in [0, 0.1) is 13.8 Å². The molecular formula is C24H31N4O2+. The van der Waals surface area contributed by atoms with Gasteiger partial charge in [-0.3, -0.25) is 9.59 Å². The Morgan fingerprint density at radius 3 is 2.53 bits per heavy atom. The SMILES string of the molecule is Cc1cccc(N2CC[NH+](CC(=O)N3c4ccccc4NC(=O)C[C@@H]3C)CC2)c1C. The first-order chi connectivity index (χ1) is 14.4. The highest BCUT2D eigenvalue weighted by Gasteiger charge is 2.32. The van der Waals surface area contributed by atoms with E-state index >= 15 is 0 Å². The topological polar surface area (TPSA) is 57.1 Å². The first kappa shape index (κ1) is 20.4. The molecule has 0 radical (unpaired) electrons. The van der Waals surface area contributed by atoms with Gasteiger partial charge in [0.05, 0.1) is 37.6 Å². The average Bonchev–Trinajstić information content (AvgIpc) is 2.85. The van der Waals surface area contributed by atoms with Crippen molar-refractivity contribution in [3.05, 3.63) is 53.6 Å². The molecule has 0 aromatic heterocycles. The number of hydrogen-bond acceptors (Lipinski definition) is 3. The Morgan fingerprint density at radius 2 is 1.77 bits per heavy atom. The smallest absolute Gasteiger partial charge is 0.282 e. The summed E-state index contributed by atoms with van der Waals surface area (Å²) in [5, 5.41) is 2.93. The Morgan fingerprint density at radius 1 is 1.07 bits per heavy atom. The van der Waals surface area contributed by atoms with Crippen LogP contribution in [0.5, 0.6) is 0 Å². The van der Waals surface area contributed by atoms with E-state index in [-0.39, 0.29) is 17.9 Å². The van der Waals surface area contributed by atoms with Gasteiger partial charge in [-0.2, -0.15) is 0 Å². The molecule has 0 unspecified atom stereocenters. The standard InChI is InChI=1S/C24H30N4O2/c1-17-7-6-10-21(19(17)3)27-13-11-26(12-14-27)16-24(30)28-18(2)15-23(29)25-20-8-4-5-9-22(20)28/h4-10,18H,11-16H2,1-3H3,(H,25,29)/p+1/t18-/m0/s1. The maximum absolute atomic E-state index is 13.3. The molecule has 2 amide bonds. The number of quaternary nitrogens is 1. The number of piperazine rings is 1. The molecule has 1 fully saturated rings. The Balaban J connectivity index is 1.44. The van der Waals surface area contributed by atoms with E-state index in [1.807, 2.05) is 36.1 Å². The fourth-order valence-electron chi connectivity index (χ4n) is 4.59. The second kappa shape index (κ2) is 8.48. The molecule has 0 saturated carbocycles. The molecule has 2 heterocycles. The van der Waals surface area contributed by atoms with Crippen molar-refractivity contribution in [2.24, 2.45) is 0 Å². The van der Waals surface area contributed by atoms with Gasteiger partial charge in [0, 0.05) is 18.2 Å². The molecule has 30 heavy (non-hydrogen) atoms. The Bertz CT molecular complexity index is 950. The van der Waals surface area contributed by atoms with Crippen LogP contribution in [0.4, 0.5) is 17.1 Å². The predicted octanol–water partition coefficient (Wildman–Crippen LogP) is 1.77. The van der Waals surface area contributed by atoms with Crippen LogP contribution in [0.15, 0.2) is 42.5 Å². The fraction of sp³-hybridized carbons (Fsp3) is 0.417. The lowest BCUT2D eigenvalue weighted by Gasteiger charge is -2.36. The summed E-state index contributed by atoms with van der Waals surface area (Å²) in [6.07, 6.45) is 0.316. The number of rotatable bonds is 3. The summed E-state index contributed by atoms with van der Waals surface area (Å²) in [6.45, 7) is 10.5. The molecule has 6 heteroatoms. The van der Waals surface area contributed by atoms with Crippen molar-refractivity contribution < 1.29 is 14.5 Å². The minimum atomic E-state index is -0.156. The van der Waals surface area contributed by atoms with Gasteiger partial charge in [-0.1, -0.05) is 24.3 Å². The number of para-hydroxylation sites is 2. The molecule has 1 saturated heterocycles. The first-order valence-corrected chi connectivity index (χ1v) is 10.8. The van der Waals surface area contributed by atoms with Crippen molar-refractivity contribution in [3.63, 3.8) is 0 Å². The average molecular weight is 408 g/mol. The quantitative estimate of drug-likeness (QED) is 0.816. The molecule has 2 aliphatic rings. The zero-order chi connectivity index (χ0) is 21.3. The maximum atomic E-state index is 13.3. The zero-order valence-electron chi connectivity index (χ0n) is 18.1. The molecule has 2 aromatic rings. The third-order valence-corrected chi connectivity index (χ3v) is 6.42. The molecule has 158 valence electrons. The summed E-state index contributed by atoms with van der Waals surface area (Å²) >= 11 is 0. The number of carbonyl (C=O) groups excluding carboxylic acids is 2. The van der Waals surface area contributed by atoms with Gasteiger partial charge < -0.3 is 20.0 Å². The number of hydrogen-bond donors (Lipinski definition) is 2. The minimum absolute atomic E-state index is 0.0419. The number of carbonyl (C=O) groups is 2. The van der Waals surface area contributed by atoms with Gasteiger partial charge in [-0.05, 0) is 50.1 Å². The number of fused-ring (bicyclic) bond motifs is 1. The summed E-state index contributed by atoms with van der Waals surface area (Å²) < 4.78 is 0. The van der Waals surface area contributed by atoms with Crippen molar-refractivity contribution >= 4 is 28.9 Å². The second-order valence-corrected chi connectivity index (χ2v) is 8.52. The van der Waals surface area contributed by atoms with E-state index in [2.05, 4.69) is 42.3 Å². The third-order valence-electron chi connectivity index (χ3n) is 6.42. The van der Waals surface area contributed by atoms with Crippen LogP contribution in [-0.2, 0) is 9.59 Å². The zero-order valence-corrected chi connectivity index (χ0v) is 18.1. The van der Waals surface area contributed by atoms with Crippen LogP contribution in [0.25, 0.3) is 0 Å². The first-order valence-electron chi connectivity index (χ1n) is 10.8. The van der Waals surface area contributed by atoms with E-state index in [0.29, 0.717) is 13.0 Å². The lowest BCUT2D eigenvalue weighted by atomic mass is 10.1. The highest BCUT2D eigenvalue weighted by atomic mass is 16.2. The molecule has 2 aromatic carbocycles. The van der Waals surface area contributed by atoms with Gasteiger partial charge in [0.1, 0.15) is 0 Å². The van der Waals surface area contributed by atoms with E-state index in [4.69, 9.17) is 0 Å². The van der Waals surface area contributed by atoms with Crippen molar-refractivity contribution in [1.82, 2.24) is 0 Å².